The Morgan fingerprint density at radius 3 is 2.79 bits per heavy atom. The van der Waals surface area contributed by atoms with Crippen molar-refractivity contribution in [1.82, 2.24) is 15.6 Å². The standard InChI is InChI=1S/C20H25N5O2.HI/c1-3-22-20(25-12-15-7-8-17(27-15)19(21)26)23-10-9-14-11-24-18-13(2)5-4-6-16(14)18;/h4-8,11,24H,3,9-10,12H2,1-2H3,(H2,21,26)(H2,22,23,25);1H. The van der Waals surface area contributed by atoms with Crippen molar-refractivity contribution >= 4 is 46.7 Å². The van der Waals surface area contributed by atoms with Gasteiger partial charge in [0.15, 0.2) is 11.7 Å². The molecule has 3 rings (SSSR count). The lowest BCUT2D eigenvalue weighted by Crippen LogP contribution is -2.38. The van der Waals surface area contributed by atoms with E-state index in [1.165, 1.54) is 22.0 Å². The number of carbonyl (C=O) groups is 1. The molecular formula is C20H26IN5O2. The van der Waals surface area contributed by atoms with Crippen molar-refractivity contribution in [3.05, 3.63) is 59.2 Å². The van der Waals surface area contributed by atoms with Crippen molar-refractivity contribution in [1.29, 1.82) is 0 Å². The highest BCUT2D eigenvalue weighted by atomic mass is 127. The fourth-order valence-corrected chi connectivity index (χ4v) is 2.98. The highest BCUT2D eigenvalue weighted by Crippen LogP contribution is 2.21. The molecule has 0 radical (unpaired) electrons. The number of aromatic nitrogens is 1. The maximum atomic E-state index is 11.1. The second-order valence-electron chi connectivity index (χ2n) is 6.31. The van der Waals surface area contributed by atoms with Gasteiger partial charge >= 0.3 is 0 Å². The highest BCUT2D eigenvalue weighted by molar-refractivity contribution is 14.0. The Morgan fingerprint density at radius 1 is 1.25 bits per heavy atom. The molecule has 0 unspecified atom stereocenters. The molecule has 5 N–H and O–H groups in total. The number of hydrogen-bond acceptors (Lipinski definition) is 3. The molecule has 0 saturated carbocycles. The summed E-state index contributed by atoms with van der Waals surface area (Å²) in [5.41, 5.74) is 8.90. The molecule has 2 heterocycles. The zero-order valence-electron chi connectivity index (χ0n) is 16.0. The van der Waals surface area contributed by atoms with E-state index >= 15 is 0 Å². The smallest absolute Gasteiger partial charge is 0.284 e. The Morgan fingerprint density at radius 2 is 2.07 bits per heavy atom. The normalized spacial score (nSPS) is 11.3. The first kappa shape index (κ1) is 21.8. The van der Waals surface area contributed by atoms with Crippen LogP contribution in [-0.4, -0.2) is 29.9 Å². The van der Waals surface area contributed by atoms with Crippen molar-refractivity contribution < 1.29 is 9.21 Å². The van der Waals surface area contributed by atoms with E-state index in [4.69, 9.17) is 10.2 Å². The van der Waals surface area contributed by atoms with E-state index in [0.717, 1.165) is 19.5 Å². The first-order valence-corrected chi connectivity index (χ1v) is 9.04. The number of fused-ring (bicyclic) bond motifs is 1. The van der Waals surface area contributed by atoms with Gasteiger partial charge in [-0.15, -0.1) is 24.0 Å². The molecule has 8 heteroatoms. The summed E-state index contributed by atoms with van der Waals surface area (Å²) in [6.07, 6.45) is 2.94. The lowest BCUT2D eigenvalue weighted by atomic mass is 10.1. The number of benzene rings is 1. The van der Waals surface area contributed by atoms with Crippen molar-refractivity contribution in [3.63, 3.8) is 0 Å². The number of amides is 1. The first-order valence-electron chi connectivity index (χ1n) is 9.04. The molecule has 28 heavy (non-hydrogen) atoms. The Labute approximate surface area is 181 Å². The number of carbonyl (C=O) groups excluding carboxylic acids is 1. The van der Waals surface area contributed by atoms with Crippen LogP contribution in [0.1, 0.15) is 34.4 Å². The van der Waals surface area contributed by atoms with E-state index in [1.807, 2.05) is 6.92 Å². The monoisotopic (exact) mass is 495 g/mol. The lowest BCUT2D eigenvalue weighted by Gasteiger charge is -2.10. The van der Waals surface area contributed by atoms with Crippen LogP contribution in [0.25, 0.3) is 10.9 Å². The largest absolute Gasteiger partial charge is 0.454 e. The zero-order valence-corrected chi connectivity index (χ0v) is 18.4. The fraction of sp³-hybridized carbons (Fsp3) is 0.300. The average molecular weight is 495 g/mol. The number of aliphatic imine (C=N–C) groups is 1. The third kappa shape index (κ3) is 5.28. The van der Waals surface area contributed by atoms with Gasteiger partial charge in [-0.05, 0) is 43.5 Å². The van der Waals surface area contributed by atoms with E-state index < -0.39 is 5.91 Å². The molecule has 7 nitrogen and oxygen atoms in total. The third-order valence-electron chi connectivity index (χ3n) is 4.34. The molecule has 0 fully saturated rings. The fourth-order valence-electron chi connectivity index (χ4n) is 2.98. The highest BCUT2D eigenvalue weighted by Gasteiger charge is 2.08. The Kier molecular flexibility index (Phi) is 7.91. The summed E-state index contributed by atoms with van der Waals surface area (Å²) >= 11 is 0. The number of primary amides is 1. The molecule has 3 aromatic rings. The van der Waals surface area contributed by atoms with Crippen LogP contribution in [0.2, 0.25) is 0 Å². The number of nitrogens with two attached hydrogens (primary N) is 1. The van der Waals surface area contributed by atoms with Gasteiger partial charge < -0.3 is 25.8 Å². The van der Waals surface area contributed by atoms with Crippen molar-refractivity contribution in [3.8, 4) is 0 Å². The first-order chi connectivity index (χ1) is 13.1. The summed E-state index contributed by atoms with van der Waals surface area (Å²) in [5.74, 6) is 0.857. The van der Waals surface area contributed by atoms with Gasteiger partial charge in [0.05, 0.1) is 0 Å². The molecule has 2 aromatic heterocycles. The molecular weight excluding hydrogens is 469 g/mol. The van der Waals surface area contributed by atoms with E-state index in [0.29, 0.717) is 18.3 Å². The number of hydrogen-bond donors (Lipinski definition) is 4. The van der Waals surface area contributed by atoms with Crippen LogP contribution in [0, 0.1) is 6.92 Å². The number of para-hydroxylation sites is 1. The van der Waals surface area contributed by atoms with Crippen LogP contribution >= 0.6 is 24.0 Å². The summed E-state index contributed by atoms with van der Waals surface area (Å²) in [4.78, 5) is 18.9. The summed E-state index contributed by atoms with van der Waals surface area (Å²) in [7, 11) is 0. The van der Waals surface area contributed by atoms with Crippen LogP contribution in [-0.2, 0) is 13.0 Å². The number of furan rings is 1. The minimum absolute atomic E-state index is 0. The molecule has 0 atom stereocenters. The van der Waals surface area contributed by atoms with E-state index in [-0.39, 0.29) is 29.7 Å². The number of nitrogens with zero attached hydrogens (tertiary/aromatic N) is 1. The van der Waals surface area contributed by atoms with Gasteiger partial charge in [-0.25, -0.2) is 4.99 Å². The second-order valence-corrected chi connectivity index (χ2v) is 6.31. The average Bonchev–Trinajstić information content (AvgIpc) is 3.28. The van der Waals surface area contributed by atoms with Gasteiger partial charge in [-0.2, -0.15) is 0 Å². The predicted octanol–water partition coefficient (Wildman–Crippen LogP) is 3.08. The topological polar surface area (TPSA) is 108 Å². The van der Waals surface area contributed by atoms with Gasteiger partial charge in [0.25, 0.3) is 5.91 Å². The maximum absolute atomic E-state index is 11.1. The Hall–Kier alpha value is -2.49. The van der Waals surface area contributed by atoms with Crippen LogP contribution in [0.3, 0.4) is 0 Å². The number of H-pyrrole nitrogens is 1. The minimum Gasteiger partial charge on any atom is -0.454 e. The van der Waals surface area contributed by atoms with Crippen LogP contribution in [0.4, 0.5) is 0 Å². The number of guanidine groups is 1. The van der Waals surface area contributed by atoms with Gasteiger partial charge in [-0.1, -0.05) is 18.2 Å². The third-order valence-corrected chi connectivity index (χ3v) is 4.34. The quantitative estimate of drug-likeness (QED) is 0.230. The number of nitrogens with one attached hydrogen (secondary N) is 3. The van der Waals surface area contributed by atoms with E-state index in [1.54, 1.807) is 12.1 Å². The van der Waals surface area contributed by atoms with Crippen LogP contribution in [0.15, 0.2) is 45.9 Å². The van der Waals surface area contributed by atoms with Crippen molar-refractivity contribution in [2.45, 2.75) is 26.8 Å². The predicted molar refractivity (Wildman–Crippen MR) is 122 cm³/mol. The number of aromatic amines is 1. The van der Waals surface area contributed by atoms with Gasteiger partial charge in [0, 0.05) is 30.2 Å². The Balaban J connectivity index is 0.00000280. The van der Waals surface area contributed by atoms with Crippen LogP contribution in [0.5, 0.6) is 0 Å². The lowest BCUT2D eigenvalue weighted by molar-refractivity contribution is 0.0972. The minimum atomic E-state index is -0.579. The van der Waals surface area contributed by atoms with E-state index in [2.05, 4.69) is 51.9 Å². The molecule has 0 bridgehead atoms. The number of rotatable bonds is 7. The summed E-state index contributed by atoms with van der Waals surface area (Å²) in [6.45, 7) is 5.95. The number of halogens is 1. The molecule has 0 spiro atoms. The van der Waals surface area contributed by atoms with Gasteiger partial charge in [0.1, 0.15) is 12.3 Å². The molecule has 0 aliphatic heterocycles. The van der Waals surface area contributed by atoms with Crippen LogP contribution < -0.4 is 16.4 Å². The molecule has 150 valence electrons. The maximum Gasteiger partial charge on any atom is 0.284 e. The van der Waals surface area contributed by atoms with Crippen molar-refractivity contribution in [2.24, 2.45) is 10.7 Å². The van der Waals surface area contributed by atoms with Crippen molar-refractivity contribution in [2.75, 3.05) is 13.1 Å². The number of aryl methyl sites for hydroxylation is 1. The van der Waals surface area contributed by atoms with Gasteiger partial charge in [0.2, 0.25) is 0 Å². The molecule has 0 saturated heterocycles. The molecule has 0 aliphatic carbocycles. The van der Waals surface area contributed by atoms with E-state index in [9.17, 15) is 4.79 Å². The summed E-state index contributed by atoms with van der Waals surface area (Å²) in [5, 5.41) is 7.79. The van der Waals surface area contributed by atoms with Gasteiger partial charge in [-0.3, -0.25) is 4.79 Å². The summed E-state index contributed by atoms with van der Waals surface area (Å²) in [6, 6.07) is 9.60. The SMILES string of the molecule is CCNC(=NCc1ccc(C(N)=O)o1)NCCc1c[nH]c2c(C)cccc12.I. The Bertz CT molecular complexity index is 961. The summed E-state index contributed by atoms with van der Waals surface area (Å²) < 4.78 is 5.36. The molecule has 0 aliphatic rings. The zero-order chi connectivity index (χ0) is 19.2. The molecule has 1 amide bonds. The second kappa shape index (κ2) is 10.2. The molecule has 1 aromatic carbocycles.